The number of alkyl halides is 1. The Morgan fingerprint density at radius 3 is 2.54 bits per heavy atom. The van der Waals surface area contributed by atoms with Crippen LogP contribution >= 0.6 is 34.8 Å². The van der Waals surface area contributed by atoms with E-state index in [1.165, 1.54) is 17.0 Å². The zero-order valence-corrected chi connectivity index (χ0v) is 20.5. The molecule has 1 amide bonds. The highest BCUT2D eigenvalue weighted by molar-refractivity contribution is 6.38. The van der Waals surface area contributed by atoms with Crippen molar-refractivity contribution in [3.8, 4) is 11.5 Å². The van der Waals surface area contributed by atoms with Crippen LogP contribution < -0.4 is 9.64 Å². The number of β-lactam (4-membered cyclic amide) rings is 1. The second-order valence-corrected chi connectivity index (χ2v) is 9.04. The molecule has 1 aliphatic rings. The van der Waals surface area contributed by atoms with Crippen molar-refractivity contribution in [3.63, 3.8) is 0 Å². The van der Waals surface area contributed by atoms with Gasteiger partial charge >= 0.3 is 0 Å². The molecular formula is C25H17Cl3N4O3. The number of methoxy groups -OCH3 is 1. The Hall–Kier alpha value is -3.39. The molecule has 1 N–H and O–H groups in total. The van der Waals surface area contributed by atoms with Gasteiger partial charge < -0.3 is 9.84 Å². The number of halogens is 3. The Kier molecular flexibility index (Phi) is 6.23. The molecule has 4 aromatic rings. The number of azo groups is 1. The Balaban J connectivity index is 1.57. The number of anilines is 1. The van der Waals surface area contributed by atoms with E-state index in [9.17, 15) is 9.90 Å². The standard InChI is InChI=1S/C25H17Cl3N4O3/c1-35-15-8-6-13-10-16(24(28)29-20(13)12-15)23-22(27)25(34)32(23)21-11-14(33)7-9-19(21)31-30-18-5-3-2-4-17(18)26/h2-12,22-23,33H,1H3. The van der Waals surface area contributed by atoms with Gasteiger partial charge in [-0.15, -0.1) is 21.8 Å². The van der Waals surface area contributed by atoms with Crippen molar-refractivity contribution in [3.05, 3.63) is 82.5 Å². The van der Waals surface area contributed by atoms with Crippen molar-refractivity contribution < 1.29 is 14.6 Å². The first-order valence-corrected chi connectivity index (χ1v) is 11.7. The molecule has 1 aromatic heterocycles. The lowest BCUT2D eigenvalue weighted by atomic mass is 9.92. The quantitative estimate of drug-likeness (QED) is 0.127. The summed E-state index contributed by atoms with van der Waals surface area (Å²) >= 11 is 19.2. The van der Waals surface area contributed by atoms with Crippen molar-refractivity contribution >= 4 is 68.7 Å². The number of benzene rings is 3. The highest BCUT2D eigenvalue weighted by Crippen LogP contribution is 2.48. The molecule has 2 atom stereocenters. The number of aromatic nitrogens is 1. The lowest BCUT2D eigenvalue weighted by Gasteiger charge is -2.44. The van der Waals surface area contributed by atoms with Gasteiger partial charge in [0.2, 0.25) is 5.91 Å². The van der Waals surface area contributed by atoms with E-state index >= 15 is 0 Å². The molecule has 1 aliphatic heterocycles. The number of hydrogen-bond donors (Lipinski definition) is 1. The molecule has 2 unspecified atom stereocenters. The molecule has 176 valence electrons. The average Bonchev–Trinajstić information content (AvgIpc) is 2.86. The van der Waals surface area contributed by atoms with Crippen LogP contribution in [0.25, 0.3) is 10.9 Å². The van der Waals surface area contributed by atoms with E-state index in [1.807, 2.05) is 18.2 Å². The monoisotopic (exact) mass is 526 g/mol. The van der Waals surface area contributed by atoms with Gasteiger partial charge in [0.25, 0.3) is 0 Å². The Labute approximate surface area is 215 Å². The first-order valence-electron chi connectivity index (χ1n) is 10.5. The number of ether oxygens (including phenoxy) is 1. The third kappa shape index (κ3) is 4.27. The zero-order chi connectivity index (χ0) is 24.7. The maximum absolute atomic E-state index is 12.9. The van der Waals surface area contributed by atoms with Crippen LogP contribution in [0.15, 0.2) is 77.0 Å². The topological polar surface area (TPSA) is 87.4 Å². The predicted molar refractivity (Wildman–Crippen MR) is 137 cm³/mol. The van der Waals surface area contributed by atoms with Gasteiger partial charge in [-0.1, -0.05) is 35.3 Å². The molecule has 0 bridgehead atoms. The Bertz CT molecular complexity index is 1490. The van der Waals surface area contributed by atoms with Gasteiger partial charge in [0.15, 0.2) is 0 Å². The van der Waals surface area contributed by atoms with Gasteiger partial charge in [-0.05, 0) is 42.5 Å². The highest BCUT2D eigenvalue weighted by Gasteiger charge is 2.50. The number of aromatic hydroxyl groups is 1. The van der Waals surface area contributed by atoms with Crippen LogP contribution in [0.3, 0.4) is 0 Å². The molecule has 3 aromatic carbocycles. The largest absolute Gasteiger partial charge is 0.508 e. The normalized spacial score (nSPS) is 17.7. The predicted octanol–water partition coefficient (Wildman–Crippen LogP) is 7.37. The lowest BCUT2D eigenvalue weighted by molar-refractivity contribution is -0.123. The summed E-state index contributed by atoms with van der Waals surface area (Å²) in [4.78, 5) is 18.9. The van der Waals surface area contributed by atoms with Crippen LogP contribution in [-0.4, -0.2) is 28.5 Å². The summed E-state index contributed by atoms with van der Waals surface area (Å²) in [6.07, 6.45) is 0. The molecule has 5 rings (SSSR count). The minimum atomic E-state index is -0.874. The third-order valence-corrected chi connectivity index (χ3v) is 6.74. The van der Waals surface area contributed by atoms with Crippen LogP contribution in [0.4, 0.5) is 17.1 Å². The smallest absolute Gasteiger partial charge is 0.248 e. The fraction of sp³-hybridized carbons (Fsp3) is 0.120. The molecule has 1 saturated heterocycles. The minimum Gasteiger partial charge on any atom is -0.508 e. The molecule has 0 saturated carbocycles. The summed E-state index contributed by atoms with van der Waals surface area (Å²) in [5.41, 5.74) is 2.36. The van der Waals surface area contributed by atoms with E-state index < -0.39 is 11.4 Å². The first-order chi connectivity index (χ1) is 16.9. The molecule has 35 heavy (non-hydrogen) atoms. The highest BCUT2D eigenvalue weighted by atomic mass is 35.5. The molecule has 2 heterocycles. The number of fused-ring (bicyclic) bond motifs is 1. The number of rotatable bonds is 5. The summed E-state index contributed by atoms with van der Waals surface area (Å²) in [7, 11) is 1.57. The number of amides is 1. The van der Waals surface area contributed by atoms with Crippen molar-refractivity contribution in [2.24, 2.45) is 10.2 Å². The molecule has 0 radical (unpaired) electrons. The van der Waals surface area contributed by atoms with Gasteiger partial charge in [0.1, 0.15) is 33.4 Å². The second-order valence-electron chi connectivity index (χ2n) is 7.81. The fourth-order valence-corrected chi connectivity index (χ4v) is 4.71. The van der Waals surface area contributed by atoms with Gasteiger partial charge in [-0.3, -0.25) is 9.69 Å². The van der Waals surface area contributed by atoms with E-state index in [2.05, 4.69) is 15.2 Å². The van der Waals surface area contributed by atoms with E-state index in [1.54, 1.807) is 43.5 Å². The summed E-state index contributed by atoms with van der Waals surface area (Å²) < 4.78 is 5.26. The molecule has 0 spiro atoms. The third-order valence-electron chi connectivity index (χ3n) is 5.69. The molecular weight excluding hydrogens is 511 g/mol. The fourth-order valence-electron chi connectivity index (χ4n) is 3.92. The Morgan fingerprint density at radius 1 is 1.00 bits per heavy atom. The zero-order valence-electron chi connectivity index (χ0n) is 18.2. The number of phenolic OH excluding ortho intramolecular Hbond substituents is 1. The van der Waals surface area contributed by atoms with Gasteiger partial charge in [0, 0.05) is 23.1 Å². The van der Waals surface area contributed by atoms with Gasteiger partial charge in [-0.2, -0.15) is 0 Å². The molecule has 10 heteroatoms. The first kappa shape index (κ1) is 23.4. The van der Waals surface area contributed by atoms with Gasteiger partial charge in [-0.25, -0.2) is 4.98 Å². The number of nitrogens with zero attached hydrogens (tertiary/aromatic N) is 4. The number of carbonyl (C=O) groups excluding carboxylic acids is 1. The summed E-state index contributed by atoms with van der Waals surface area (Å²) in [5, 5.41) is 19.3. The molecule has 7 nitrogen and oxygen atoms in total. The van der Waals surface area contributed by atoms with E-state index in [0.29, 0.717) is 38.9 Å². The van der Waals surface area contributed by atoms with E-state index in [-0.39, 0.29) is 16.8 Å². The van der Waals surface area contributed by atoms with E-state index in [4.69, 9.17) is 39.5 Å². The minimum absolute atomic E-state index is 0.0453. The van der Waals surface area contributed by atoms with Crippen molar-refractivity contribution in [2.45, 2.75) is 11.4 Å². The van der Waals surface area contributed by atoms with Crippen LogP contribution in [-0.2, 0) is 4.79 Å². The van der Waals surface area contributed by atoms with Crippen molar-refractivity contribution in [1.29, 1.82) is 0 Å². The maximum Gasteiger partial charge on any atom is 0.248 e. The number of pyridine rings is 1. The van der Waals surface area contributed by atoms with Crippen molar-refractivity contribution in [2.75, 3.05) is 12.0 Å². The van der Waals surface area contributed by atoms with Gasteiger partial charge in [0.05, 0.1) is 29.4 Å². The van der Waals surface area contributed by atoms with E-state index in [0.717, 1.165) is 5.39 Å². The second kappa shape index (κ2) is 9.34. The lowest BCUT2D eigenvalue weighted by Crippen LogP contribution is -2.56. The maximum atomic E-state index is 12.9. The number of hydrogen-bond acceptors (Lipinski definition) is 6. The summed E-state index contributed by atoms with van der Waals surface area (Å²) in [6, 6.07) is 18.1. The van der Waals surface area contributed by atoms with Crippen LogP contribution in [0, 0.1) is 0 Å². The van der Waals surface area contributed by atoms with Crippen molar-refractivity contribution in [1.82, 2.24) is 4.98 Å². The number of carbonyl (C=O) groups is 1. The summed E-state index contributed by atoms with van der Waals surface area (Å²) in [6.45, 7) is 0. The molecule has 1 fully saturated rings. The van der Waals surface area contributed by atoms with Crippen LogP contribution in [0.2, 0.25) is 10.2 Å². The summed E-state index contributed by atoms with van der Waals surface area (Å²) in [5.74, 6) is 0.246. The van der Waals surface area contributed by atoms with Crippen LogP contribution in [0.5, 0.6) is 11.5 Å². The number of phenols is 1. The Morgan fingerprint density at radius 2 is 1.77 bits per heavy atom. The SMILES string of the molecule is COc1ccc2cc(C3C(Cl)C(=O)N3c3cc(O)ccc3N=Nc3ccccc3Cl)c(Cl)nc2c1. The molecule has 0 aliphatic carbocycles. The van der Waals surface area contributed by atoms with Crippen LogP contribution in [0.1, 0.15) is 11.6 Å². The average molecular weight is 528 g/mol.